The van der Waals surface area contributed by atoms with Gasteiger partial charge in [0.2, 0.25) is 0 Å². The Bertz CT molecular complexity index is 1050. The number of carbonyl (C=O) groups excluding carboxylic acids is 1. The molecule has 0 bridgehead atoms. The number of aryl methyl sites for hydroxylation is 2. The maximum absolute atomic E-state index is 11.9. The average Bonchev–Trinajstić information content (AvgIpc) is 3.13. The Balaban J connectivity index is 1.55. The fraction of sp³-hybridized carbons (Fsp3) is 0.143. The van der Waals surface area contributed by atoms with Gasteiger partial charge in [0.1, 0.15) is 17.3 Å². The zero-order valence-electron chi connectivity index (χ0n) is 15.6. The van der Waals surface area contributed by atoms with Crippen molar-refractivity contribution >= 4 is 46.9 Å². The normalized spacial score (nSPS) is 11.1. The monoisotopic (exact) mass is 450 g/mol. The molecule has 2 aromatic carbocycles. The molecule has 1 amide bonds. The molecule has 8 heteroatoms. The van der Waals surface area contributed by atoms with Crippen LogP contribution >= 0.6 is 34.8 Å². The number of benzene rings is 2. The van der Waals surface area contributed by atoms with E-state index in [0.717, 1.165) is 11.1 Å². The Morgan fingerprint density at radius 2 is 1.83 bits per heavy atom. The van der Waals surface area contributed by atoms with E-state index >= 15 is 0 Å². The number of halogens is 3. The van der Waals surface area contributed by atoms with Crippen LogP contribution in [0.4, 0.5) is 0 Å². The first-order chi connectivity index (χ1) is 13.8. The van der Waals surface area contributed by atoms with Crippen LogP contribution < -0.4 is 10.2 Å². The van der Waals surface area contributed by atoms with Gasteiger partial charge >= 0.3 is 0 Å². The number of hydrogen-bond acceptors (Lipinski definition) is 4. The van der Waals surface area contributed by atoms with Crippen molar-refractivity contribution in [1.82, 2.24) is 5.43 Å². The van der Waals surface area contributed by atoms with E-state index in [1.54, 1.807) is 42.5 Å². The second-order valence-corrected chi connectivity index (χ2v) is 7.50. The first-order valence-corrected chi connectivity index (χ1v) is 9.73. The van der Waals surface area contributed by atoms with Gasteiger partial charge in [-0.1, -0.05) is 34.8 Å². The number of carbonyl (C=O) groups is 1. The van der Waals surface area contributed by atoms with E-state index < -0.39 is 5.91 Å². The molecule has 1 aromatic heterocycles. The van der Waals surface area contributed by atoms with Crippen molar-refractivity contribution in [3.8, 4) is 17.1 Å². The lowest BCUT2D eigenvalue weighted by Gasteiger charge is -2.09. The number of furan rings is 1. The van der Waals surface area contributed by atoms with Crippen molar-refractivity contribution in [3.63, 3.8) is 0 Å². The van der Waals surface area contributed by atoms with Crippen molar-refractivity contribution in [2.75, 3.05) is 6.61 Å². The zero-order valence-corrected chi connectivity index (χ0v) is 17.9. The van der Waals surface area contributed by atoms with Crippen LogP contribution in [0.1, 0.15) is 16.9 Å². The Kier molecular flexibility index (Phi) is 6.85. The molecule has 3 rings (SSSR count). The minimum atomic E-state index is -0.404. The molecule has 0 aliphatic rings. The molecule has 1 heterocycles. The molecule has 0 aliphatic heterocycles. The molecule has 0 spiro atoms. The summed E-state index contributed by atoms with van der Waals surface area (Å²) in [5.74, 6) is 1.19. The van der Waals surface area contributed by atoms with Crippen molar-refractivity contribution in [2.45, 2.75) is 13.8 Å². The highest BCUT2D eigenvalue weighted by Crippen LogP contribution is 2.31. The quantitative estimate of drug-likeness (QED) is 0.366. The van der Waals surface area contributed by atoms with E-state index in [4.69, 9.17) is 44.0 Å². The number of hydrazone groups is 1. The van der Waals surface area contributed by atoms with Crippen molar-refractivity contribution in [2.24, 2.45) is 5.10 Å². The minimum absolute atomic E-state index is 0.179. The van der Waals surface area contributed by atoms with Crippen LogP contribution in [0.25, 0.3) is 11.3 Å². The lowest BCUT2D eigenvalue weighted by atomic mass is 10.1. The summed E-state index contributed by atoms with van der Waals surface area (Å²) in [5, 5.41) is 5.58. The highest BCUT2D eigenvalue weighted by Gasteiger charge is 2.09. The molecule has 150 valence electrons. The van der Waals surface area contributed by atoms with Crippen LogP contribution in [0.3, 0.4) is 0 Å². The largest absolute Gasteiger partial charge is 0.484 e. The summed E-state index contributed by atoms with van der Waals surface area (Å²) in [7, 11) is 0. The first-order valence-electron chi connectivity index (χ1n) is 8.60. The standard InChI is InChI=1S/C21H17Cl3N2O3/c1-12-7-16(8-13(2)21(12)24)28-11-20(27)26-25-10-15-4-6-19(29-15)17-5-3-14(22)9-18(17)23/h3-10H,11H2,1-2H3,(H,26,27)/b25-10+. The van der Waals surface area contributed by atoms with Crippen LogP contribution in [0, 0.1) is 13.8 Å². The third-order valence-electron chi connectivity index (χ3n) is 3.98. The second-order valence-electron chi connectivity index (χ2n) is 6.28. The Morgan fingerprint density at radius 1 is 1.10 bits per heavy atom. The maximum atomic E-state index is 11.9. The molecule has 5 nitrogen and oxygen atoms in total. The van der Waals surface area contributed by atoms with Crippen molar-refractivity contribution in [3.05, 3.63) is 74.4 Å². The molecule has 0 fully saturated rings. The number of hydrogen-bond donors (Lipinski definition) is 1. The fourth-order valence-corrected chi connectivity index (χ4v) is 3.21. The second kappa shape index (κ2) is 9.35. The van der Waals surface area contributed by atoms with Crippen molar-refractivity contribution < 1.29 is 13.9 Å². The van der Waals surface area contributed by atoms with E-state index in [-0.39, 0.29) is 6.61 Å². The summed E-state index contributed by atoms with van der Waals surface area (Å²) in [5.41, 5.74) is 4.86. The summed E-state index contributed by atoms with van der Waals surface area (Å²) in [4.78, 5) is 11.9. The maximum Gasteiger partial charge on any atom is 0.277 e. The number of ether oxygens (including phenoxy) is 1. The van der Waals surface area contributed by atoms with Gasteiger partial charge in [-0.15, -0.1) is 0 Å². The van der Waals surface area contributed by atoms with Gasteiger partial charge in [-0.25, -0.2) is 5.43 Å². The van der Waals surface area contributed by atoms with E-state index in [2.05, 4.69) is 10.5 Å². The fourth-order valence-electron chi connectivity index (χ4n) is 2.59. The summed E-state index contributed by atoms with van der Waals surface area (Å²) in [6.45, 7) is 3.57. The number of rotatable bonds is 6. The predicted octanol–water partition coefficient (Wildman–Crippen LogP) is 6.05. The number of amides is 1. The molecule has 0 saturated carbocycles. The van der Waals surface area contributed by atoms with E-state index in [0.29, 0.717) is 37.9 Å². The molecule has 1 N–H and O–H groups in total. The molecule has 0 aliphatic carbocycles. The molecule has 0 saturated heterocycles. The lowest BCUT2D eigenvalue weighted by Crippen LogP contribution is -2.24. The summed E-state index contributed by atoms with van der Waals surface area (Å²) >= 11 is 18.2. The molecule has 0 radical (unpaired) electrons. The zero-order chi connectivity index (χ0) is 21.0. The highest BCUT2D eigenvalue weighted by atomic mass is 35.5. The van der Waals surface area contributed by atoms with Gasteiger partial charge in [-0.2, -0.15) is 5.10 Å². The lowest BCUT2D eigenvalue weighted by molar-refractivity contribution is -0.123. The van der Waals surface area contributed by atoms with Crippen LogP contribution in [0.5, 0.6) is 5.75 Å². The SMILES string of the molecule is Cc1cc(OCC(=O)N/N=C/c2ccc(-c3ccc(Cl)cc3Cl)o2)cc(C)c1Cl. The Labute approximate surface area is 183 Å². The summed E-state index contributed by atoms with van der Waals surface area (Å²) < 4.78 is 11.1. The first kappa shape index (κ1) is 21.2. The molecule has 0 unspecified atom stereocenters. The van der Waals surface area contributed by atoms with Crippen LogP contribution in [0.2, 0.25) is 15.1 Å². The number of nitrogens with one attached hydrogen (secondary N) is 1. The molecule has 0 atom stereocenters. The summed E-state index contributed by atoms with van der Waals surface area (Å²) in [6, 6.07) is 12.2. The highest BCUT2D eigenvalue weighted by molar-refractivity contribution is 6.36. The number of nitrogens with zero attached hydrogens (tertiary/aromatic N) is 1. The van der Waals surface area contributed by atoms with Crippen molar-refractivity contribution in [1.29, 1.82) is 0 Å². The Morgan fingerprint density at radius 3 is 2.52 bits per heavy atom. The van der Waals surface area contributed by atoms with Crippen LogP contribution in [-0.2, 0) is 4.79 Å². The summed E-state index contributed by atoms with van der Waals surface area (Å²) in [6.07, 6.45) is 1.39. The molecule has 29 heavy (non-hydrogen) atoms. The van der Waals surface area contributed by atoms with Crippen LogP contribution in [-0.4, -0.2) is 18.7 Å². The van der Waals surface area contributed by atoms with Gasteiger partial charge < -0.3 is 9.15 Å². The van der Waals surface area contributed by atoms with Gasteiger partial charge in [-0.3, -0.25) is 4.79 Å². The Hall–Kier alpha value is -2.47. The molecular formula is C21H17Cl3N2O3. The molecular weight excluding hydrogens is 435 g/mol. The van der Waals surface area contributed by atoms with Gasteiger partial charge in [0, 0.05) is 15.6 Å². The van der Waals surface area contributed by atoms with Gasteiger partial charge in [-0.05, 0) is 67.4 Å². The van der Waals surface area contributed by atoms with Gasteiger partial charge in [0.15, 0.2) is 6.61 Å². The third kappa shape index (κ3) is 5.54. The smallest absolute Gasteiger partial charge is 0.277 e. The minimum Gasteiger partial charge on any atom is -0.484 e. The van der Waals surface area contributed by atoms with E-state index in [1.165, 1.54) is 6.21 Å². The third-order valence-corrected chi connectivity index (χ3v) is 5.13. The predicted molar refractivity (Wildman–Crippen MR) is 116 cm³/mol. The van der Waals surface area contributed by atoms with E-state index in [1.807, 2.05) is 13.8 Å². The van der Waals surface area contributed by atoms with Crippen LogP contribution in [0.15, 0.2) is 52.0 Å². The average molecular weight is 452 g/mol. The van der Waals surface area contributed by atoms with Gasteiger partial charge in [0.25, 0.3) is 5.91 Å². The van der Waals surface area contributed by atoms with E-state index in [9.17, 15) is 4.79 Å². The topological polar surface area (TPSA) is 63.8 Å². The van der Waals surface area contributed by atoms with Gasteiger partial charge in [0.05, 0.1) is 11.2 Å². The molecule has 3 aromatic rings.